The fourth-order valence-corrected chi connectivity index (χ4v) is 2.74. The highest BCUT2D eigenvalue weighted by Gasteiger charge is 2.27. The normalized spacial score (nSPS) is 18.6. The third-order valence-electron chi connectivity index (χ3n) is 3.23. The van der Waals surface area contributed by atoms with Crippen molar-refractivity contribution in [3.63, 3.8) is 0 Å². The lowest BCUT2D eigenvalue weighted by molar-refractivity contribution is -0.137. The van der Waals surface area contributed by atoms with Crippen LogP contribution in [0.15, 0.2) is 17.5 Å². The Balaban J connectivity index is 1.82. The van der Waals surface area contributed by atoms with Gasteiger partial charge in [-0.05, 0) is 24.3 Å². The Morgan fingerprint density at radius 3 is 2.90 bits per heavy atom. The van der Waals surface area contributed by atoms with Gasteiger partial charge in [-0.15, -0.1) is 11.3 Å². The molecule has 20 heavy (non-hydrogen) atoms. The van der Waals surface area contributed by atoms with E-state index in [4.69, 9.17) is 10.5 Å². The average Bonchev–Trinajstić information content (AvgIpc) is 2.98. The zero-order valence-corrected chi connectivity index (χ0v) is 11.7. The minimum Gasteiger partial charge on any atom is -0.451 e. The van der Waals surface area contributed by atoms with E-state index in [9.17, 15) is 14.4 Å². The first-order chi connectivity index (χ1) is 9.58. The number of rotatable bonds is 4. The monoisotopic (exact) mass is 296 g/mol. The van der Waals surface area contributed by atoms with Crippen LogP contribution in [0.25, 0.3) is 0 Å². The number of hydrogen-bond donors (Lipinski definition) is 1. The van der Waals surface area contributed by atoms with Crippen LogP contribution < -0.4 is 5.73 Å². The lowest BCUT2D eigenvalue weighted by atomic mass is 9.97. The van der Waals surface area contributed by atoms with Gasteiger partial charge in [0, 0.05) is 13.1 Å². The summed E-state index contributed by atoms with van der Waals surface area (Å²) in [5.41, 5.74) is 5.26. The number of thiophene rings is 1. The summed E-state index contributed by atoms with van der Waals surface area (Å²) >= 11 is 1.26. The number of primary amides is 1. The number of esters is 1. The molecule has 1 fully saturated rings. The van der Waals surface area contributed by atoms with Gasteiger partial charge >= 0.3 is 5.97 Å². The zero-order chi connectivity index (χ0) is 14.5. The molecule has 2 heterocycles. The van der Waals surface area contributed by atoms with E-state index in [-0.39, 0.29) is 18.4 Å². The second-order valence-electron chi connectivity index (χ2n) is 4.63. The topological polar surface area (TPSA) is 89.7 Å². The Bertz CT molecular complexity index is 500. The lowest BCUT2D eigenvalue weighted by Crippen LogP contribution is -2.45. The number of nitrogens with zero attached hydrogens (tertiary/aromatic N) is 1. The molecule has 0 aliphatic carbocycles. The molecular weight excluding hydrogens is 280 g/mol. The molecule has 0 aromatic carbocycles. The van der Waals surface area contributed by atoms with Crippen molar-refractivity contribution in [2.45, 2.75) is 12.8 Å². The van der Waals surface area contributed by atoms with Crippen LogP contribution in [0, 0.1) is 5.92 Å². The van der Waals surface area contributed by atoms with Crippen molar-refractivity contribution in [1.29, 1.82) is 0 Å². The SMILES string of the molecule is NC(=O)[C@@H]1CCCN(C(=O)COC(=O)c2cccs2)C1. The first-order valence-corrected chi connectivity index (χ1v) is 7.23. The number of nitrogens with two attached hydrogens (primary N) is 1. The van der Waals surface area contributed by atoms with Crippen molar-refractivity contribution in [1.82, 2.24) is 4.90 Å². The van der Waals surface area contributed by atoms with Crippen LogP contribution in [0.2, 0.25) is 0 Å². The minimum atomic E-state index is -0.503. The molecule has 6 nitrogen and oxygen atoms in total. The summed E-state index contributed by atoms with van der Waals surface area (Å²) in [4.78, 5) is 36.7. The van der Waals surface area contributed by atoms with Gasteiger partial charge in [-0.1, -0.05) is 6.07 Å². The summed E-state index contributed by atoms with van der Waals surface area (Å²) in [5, 5.41) is 1.76. The Morgan fingerprint density at radius 2 is 2.25 bits per heavy atom. The van der Waals surface area contributed by atoms with Crippen molar-refractivity contribution in [3.05, 3.63) is 22.4 Å². The van der Waals surface area contributed by atoms with E-state index < -0.39 is 11.9 Å². The van der Waals surface area contributed by atoms with E-state index in [0.29, 0.717) is 24.4 Å². The van der Waals surface area contributed by atoms with E-state index in [1.54, 1.807) is 17.5 Å². The summed E-state index contributed by atoms with van der Waals surface area (Å²) in [5.74, 6) is -1.49. The predicted octanol–water partition coefficient (Wildman–Crippen LogP) is 0.629. The van der Waals surface area contributed by atoms with Gasteiger partial charge in [-0.2, -0.15) is 0 Å². The second-order valence-corrected chi connectivity index (χ2v) is 5.58. The number of likely N-dealkylation sites (tertiary alicyclic amines) is 1. The molecule has 0 radical (unpaired) electrons. The van der Waals surface area contributed by atoms with Gasteiger partial charge in [-0.25, -0.2) is 4.79 Å². The van der Waals surface area contributed by atoms with Crippen molar-refractivity contribution >= 4 is 29.1 Å². The molecule has 1 saturated heterocycles. The van der Waals surface area contributed by atoms with Crippen molar-refractivity contribution < 1.29 is 19.1 Å². The zero-order valence-electron chi connectivity index (χ0n) is 10.9. The van der Waals surface area contributed by atoms with E-state index >= 15 is 0 Å². The number of hydrogen-bond acceptors (Lipinski definition) is 5. The summed E-state index contributed by atoms with van der Waals surface area (Å²) in [6.45, 7) is 0.575. The Morgan fingerprint density at radius 1 is 1.45 bits per heavy atom. The number of piperidine rings is 1. The van der Waals surface area contributed by atoms with Crippen LogP contribution in [-0.2, 0) is 14.3 Å². The molecule has 2 N–H and O–H groups in total. The molecule has 108 valence electrons. The molecule has 7 heteroatoms. The van der Waals surface area contributed by atoms with Crippen molar-refractivity contribution in [2.24, 2.45) is 11.7 Å². The van der Waals surface area contributed by atoms with Crippen LogP contribution in [-0.4, -0.2) is 42.4 Å². The Hall–Kier alpha value is -1.89. The molecule has 0 bridgehead atoms. The van der Waals surface area contributed by atoms with Crippen LogP contribution in [0.3, 0.4) is 0 Å². The Labute approximate surface area is 120 Å². The van der Waals surface area contributed by atoms with Gasteiger partial charge in [0.1, 0.15) is 4.88 Å². The van der Waals surface area contributed by atoms with E-state index in [1.165, 1.54) is 16.2 Å². The highest BCUT2D eigenvalue weighted by molar-refractivity contribution is 7.11. The summed E-state index contributed by atoms with van der Waals surface area (Å²) < 4.78 is 4.96. The van der Waals surface area contributed by atoms with E-state index in [0.717, 1.165) is 6.42 Å². The lowest BCUT2D eigenvalue weighted by Gasteiger charge is -2.30. The first kappa shape index (κ1) is 14.5. The molecule has 0 unspecified atom stereocenters. The quantitative estimate of drug-likeness (QED) is 0.825. The molecule has 0 spiro atoms. The van der Waals surface area contributed by atoms with Gasteiger partial charge in [0.05, 0.1) is 5.92 Å². The van der Waals surface area contributed by atoms with Gasteiger partial charge < -0.3 is 15.4 Å². The van der Waals surface area contributed by atoms with Gasteiger partial charge in [0.25, 0.3) is 5.91 Å². The number of ether oxygens (including phenoxy) is 1. The molecule has 1 aromatic heterocycles. The van der Waals surface area contributed by atoms with E-state index in [2.05, 4.69) is 0 Å². The van der Waals surface area contributed by atoms with Gasteiger partial charge in [0.2, 0.25) is 5.91 Å². The highest BCUT2D eigenvalue weighted by atomic mass is 32.1. The molecule has 1 aliphatic heterocycles. The van der Waals surface area contributed by atoms with Crippen LogP contribution in [0.5, 0.6) is 0 Å². The maximum Gasteiger partial charge on any atom is 0.348 e. The van der Waals surface area contributed by atoms with Crippen molar-refractivity contribution in [3.8, 4) is 0 Å². The van der Waals surface area contributed by atoms with Gasteiger partial charge in [-0.3, -0.25) is 9.59 Å². The molecular formula is C13H16N2O4S. The van der Waals surface area contributed by atoms with Crippen LogP contribution in [0.1, 0.15) is 22.5 Å². The largest absolute Gasteiger partial charge is 0.451 e. The first-order valence-electron chi connectivity index (χ1n) is 6.35. The molecule has 2 rings (SSSR count). The molecule has 1 aliphatic rings. The fraction of sp³-hybridized carbons (Fsp3) is 0.462. The summed E-state index contributed by atoms with van der Waals surface area (Å²) in [6, 6.07) is 3.38. The third-order valence-corrected chi connectivity index (χ3v) is 4.08. The second kappa shape index (κ2) is 6.51. The highest BCUT2D eigenvalue weighted by Crippen LogP contribution is 2.16. The molecule has 0 saturated carbocycles. The summed E-state index contributed by atoms with van der Waals surface area (Å²) in [6.07, 6.45) is 1.44. The van der Waals surface area contributed by atoms with Gasteiger partial charge in [0.15, 0.2) is 6.61 Å². The Kier molecular flexibility index (Phi) is 4.73. The number of amides is 2. The number of carbonyl (C=O) groups is 3. The van der Waals surface area contributed by atoms with Crippen LogP contribution >= 0.6 is 11.3 Å². The van der Waals surface area contributed by atoms with Crippen molar-refractivity contribution in [2.75, 3.05) is 19.7 Å². The predicted molar refractivity (Wildman–Crippen MR) is 73.1 cm³/mol. The maximum atomic E-state index is 11.9. The average molecular weight is 296 g/mol. The molecule has 1 aromatic rings. The molecule has 2 amide bonds. The smallest absolute Gasteiger partial charge is 0.348 e. The molecule has 1 atom stereocenters. The minimum absolute atomic E-state index is 0.291. The number of carbonyl (C=O) groups excluding carboxylic acids is 3. The van der Waals surface area contributed by atoms with E-state index in [1.807, 2.05) is 0 Å². The third kappa shape index (κ3) is 3.57. The fourth-order valence-electron chi connectivity index (χ4n) is 2.12. The standard InChI is InChI=1S/C13H16N2O4S/c14-12(17)9-3-1-5-15(7-9)11(16)8-19-13(18)10-4-2-6-20-10/h2,4,6,9H,1,3,5,7-8H2,(H2,14,17)/t9-/m1/s1. The summed E-state index contributed by atoms with van der Waals surface area (Å²) in [7, 11) is 0. The maximum absolute atomic E-state index is 11.9. The van der Waals surface area contributed by atoms with Crippen LogP contribution in [0.4, 0.5) is 0 Å².